The van der Waals surface area contributed by atoms with Crippen molar-refractivity contribution in [1.29, 1.82) is 0 Å². The number of carbonyl (C=O) groups is 1. The van der Waals surface area contributed by atoms with E-state index in [9.17, 15) is 4.79 Å². The summed E-state index contributed by atoms with van der Waals surface area (Å²) in [6, 6.07) is 17.3. The maximum atomic E-state index is 12.3. The van der Waals surface area contributed by atoms with Crippen molar-refractivity contribution in [2.75, 3.05) is 12.9 Å². The number of ketones is 1. The Kier molecular flexibility index (Phi) is 5.10. The first-order valence-electron chi connectivity index (χ1n) is 7.07. The molecule has 1 aromatic heterocycles. The molecule has 0 saturated carbocycles. The van der Waals surface area contributed by atoms with E-state index in [-0.39, 0.29) is 5.78 Å². The van der Waals surface area contributed by atoms with Gasteiger partial charge < -0.3 is 4.74 Å². The van der Waals surface area contributed by atoms with Crippen LogP contribution in [0.25, 0.3) is 11.3 Å². The number of hydrogen-bond acceptors (Lipinski definition) is 5. The van der Waals surface area contributed by atoms with Gasteiger partial charge in [-0.2, -0.15) is 0 Å². The number of aromatic nitrogens is 1. The Morgan fingerprint density at radius 2 is 2.00 bits per heavy atom. The van der Waals surface area contributed by atoms with Crippen molar-refractivity contribution in [3.05, 3.63) is 65.5 Å². The highest BCUT2D eigenvalue weighted by Crippen LogP contribution is 2.28. The minimum Gasteiger partial charge on any atom is -0.497 e. The number of Topliss-reactive ketones (excluding diaryl/α,β-unsaturated/α-hetero) is 1. The normalized spacial score (nSPS) is 10.5. The van der Waals surface area contributed by atoms with E-state index in [0.717, 1.165) is 15.6 Å². The quantitative estimate of drug-likeness (QED) is 0.477. The van der Waals surface area contributed by atoms with Gasteiger partial charge >= 0.3 is 0 Å². The molecule has 0 unspecified atom stereocenters. The van der Waals surface area contributed by atoms with Crippen LogP contribution in [0.4, 0.5) is 0 Å². The van der Waals surface area contributed by atoms with E-state index in [2.05, 4.69) is 4.98 Å². The van der Waals surface area contributed by atoms with Gasteiger partial charge in [0.1, 0.15) is 5.75 Å². The third-order valence-corrected chi connectivity index (χ3v) is 5.29. The second-order valence-corrected chi connectivity index (χ2v) is 6.89. The van der Waals surface area contributed by atoms with Gasteiger partial charge in [0.2, 0.25) is 0 Å². The van der Waals surface area contributed by atoms with Gasteiger partial charge in [0, 0.05) is 16.5 Å². The Balaban J connectivity index is 1.64. The van der Waals surface area contributed by atoms with Crippen molar-refractivity contribution in [3.63, 3.8) is 0 Å². The van der Waals surface area contributed by atoms with E-state index in [1.165, 1.54) is 11.8 Å². The van der Waals surface area contributed by atoms with Crippen molar-refractivity contribution in [3.8, 4) is 17.0 Å². The van der Waals surface area contributed by atoms with Gasteiger partial charge in [0.25, 0.3) is 0 Å². The summed E-state index contributed by atoms with van der Waals surface area (Å²) in [6.07, 6.45) is 0. The van der Waals surface area contributed by atoms with E-state index in [1.54, 1.807) is 24.5 Å². The van der Waals surface area contributed by atoms with E-state index in [0.29, 0.717) is 17.1 Å². The number of nitrogens with zero attached hydrogens (tertiary/aromatic N) is 1. The standard InChI is InChI=1S/C18H15NO2S2/c1-21-15-9-5-8-14(10-15)17(20)12-23-18-19-16(11-22-18)13-6-3-2-4-7-13/h2-11H,12H2,1H3. The highest BCUT2D eigenvalue weighted by Gasteiger charge is 2.10. The number of ether oxygens (including phenoxy) is 1. The van der Waals surface area contributed by atoms with Crippen LogP contribution in [0.3, 0.4) is 0 Å². The molecule has 0 aliphatic carbocycles. The second kappa shape index (κ2) is 7.44. The lowest BCUT2D eigenvalue weighted by Crippen LogP contribution is -2.02. The zero-order chi connectivity index (χ0) is 16.1. The summed E-state index contributed by atoms with van der Waals surface area (Å²) in [5.74, 6) is 1.14. The molecular formula is C18H15NO2S2. The Bertz CT molecular complexity index is 800. The van der Waals surface area contributed by atoms with Crippen molar-refractivity contribution in [1.82, 2.24) is 4.98 Å². The summed E-state index contributed by atoms with van der Waals surface area (Å²) in [5, 5.41) is 2.02. The fourth-order valence-corrected chi connectivity index (χ4v) is 3.80. The van der Waals surface area contributed by atoms with Crippen LogP contribution in [0, 0.1) is 0 Å². The molecule has 0 saturated heterocycles. The minimum absolute atomic E-state index is 0.0744. The van der Waals surface area contributed by atoms with Crippen molar-refractivity contribution in [2.24, 2.45) is 0 Å². The topological polar surface area (TPSA) is 39.2 Å². The van der Waals surface area contributed by atoms with Crippen molar-refractivity contribution >= 4 is 28.9 Å². The van der Waals surface area contributed by atoms with Crippen LogP contribution < -0.4 is 4.74 Å². The first kappa shape index (κ1) is 15.8. The summed E-state index contributed by atoms with van der Waals surface area (Å²) >= 11 is 3.03. The molecule has 0 N–H and O–H groups in total. The number of thioether (sulfide) groups is 1. The lowest BCUT2D eigenvalue weighted by molar-refractivity contribution is 0.102. The molecule has 3 rings (SSSR count). The molecule has 2 aromatic carbocycles. The maximum Gasteiger partial charge on any atom is 0.173 e. The molecule has 3 aromatic rings. The van der Waals surface area contributed by atoms with Gasteiger partial charge in [0.15, 0.2) is 10.1 Å². The van der Waals surface area contributed by atoms with Crippen LogP contribution in [0.1, 0.15) is 10.4 Å². The minimum atomic E-state index is 0.0744. The Labute approximate surface area is 143 Å². The number of benzene rings is 2. The Morgan fingerprint density at radius 3 is 2.78 bits per heavy atom. The molecule has 0 spiro atoms. The molecule has 0 aliphatic heterocycles. The van der Waals surface area contributed by atoms with Gasteiger partial charge in [0.05, 0.1) is 18.6 Å². The molecule has 0 fully saturated rings. The van der Waals surface area contributed by atoms with Gasteiger partial charge in [-0.15, -0.1) is 11.3 Å². The molecule has 0 aliphatic rings. The number of thiazole rings is 1. The summed E-state index contributed by atoms with van der Waals surface area (Å²) in [6.45, 7) is 0. The lowest BCUT2D eigenvalue weighted by Gasteiger charge is -2.03. The molecule has 0 atom stereocenters. The fraction of sp³-hybridized carbons (Fsp3) is 0.111. The van der Waals surface area contributed by atoms with Crippen LogP contribution in [-0.2, 0) is 0 Å². The molecule has 0 radical (unpaired) electrons. The molecule has 116 valence electrons. The highest BCUT2D eigenvalue weighted by molar-refractivity contribution is 8.01. The number of rotatable bonds is 6. The van der Waals surface area contributed by atoms with Gasteiger partial charge in [-0.3, -0.25) is 4.79 Å². The zero-order valence-electron chi connectivity index (χ0n) is 12.6. The van der Waals surface area contributed by atoms with E-state index < -0.39 is 0 Å². The van der Waals surface area contributed by atoms with Crippen LogP contribution in [0.5, 0.6) is 5.75 Å². The molecular weight excluding hydrogens is 326 g/mol. The summed E-state index contributed by atoms with van der Waals surface area (Å²) in [4.78, 5) is 16.8. The lowest BCUT2D eigenvalue weighted by atomic mass is 10.1. The molecule has 0 amide bonds. The molecule has 5 heteroatoms. The number of carbonyl (C=O) groups excluding carboxylic acids is 1. The van der Waals surface area contributed by atoms with E-state index in [4.69, 9.17) is 4.74 Å². The molecule has 0 bridgehead atoms. The summed E-state index contributed by atoms with van der Waals surface area (Å²) in [7, 11) is 1.60. The largest absolute Gasteiger partial charge is 0.497 e. The monoisotopic (exact) mass is 341 g/mol. The first-order chi connectivity index (χ1) is 11.3. The van der Waals surface area contributed by atoms with Gasteiger partial charge in [-0.25, -0.2) is 4.98 Å². The van der Waals surface area contributed by atoms with Gasteiger partial charge in [-0.1, -0.05) is 54.2 Å². The highest BCUT2D eigenvalue weighted by atomic mass is 32.2. The van der Waals surface area contributed by atoms with Gasteiger partial charge in [-0.05, 0) is 12.1 Å². The summed E-state index contributed by atoms with van der Waals surface area (Å²) in [5.41, 5.74) is 2.71. The van der Waals surface area contributed by atoms with Crippen LogP contribution in [0.15, 0.2) is 64.3 Å². The van der Waals surface area contributed by atoms with E-state index in [1.807, 2.05) is 53.9 Å². The smallest absolute Gasteiger partial charge is 0.173 e. The maximum absolute atomic E-state index is 12.3. The third kappa shape index (κ3) is 4.00. The average molecular weight is 341 g/mol. The Hall–Kier alpha value is -2.11. The van der Waals surface area contributed by atoms with Crippen molar-refractivity contribution in [2.45, 2.75) is 4.34 Å². The fourth-order valence-electron chi connectivity index (χ4n) is 2.07. The third-order valence-electron chi connectivity index (χ3n) is 3.27. The second-order valence-electron chi connectivity index (χ2n) is 4.81. The van der Waals surface area contributed by atoms with Crippen LogP contribution in [-0.4, -0.2) is 23.6 Å². The average Bonchev–Trinajstić information content (AvgIpc) is 3.09. The SMILES string of the molecule is COc1cccc(C(=O)CSc2nc(-c3ccccc3)cs2)c1. The molecule has 1 heterocycles. The predicted molar refractivity (Wildman–Crippen MR) is 95.6 cm³/mol. The van der Waals surface area contributed by atoms with E-state index >= 15 is 0 Å². The molecule has 3 nitrogen and oxygen atoms in total. The summed E-state index contributed by atoms with van der Waals surface area (Å²) < 4.78 is 6.05. The number of methoxy groups -OCH3 is 1. The Morgan fingerprint density at radius 1 is 1.17 bits per heavy atom. The van der Waals surface area contributed by atoms with Crippen LogP contribution >= 0.6 is 23.1 Å². The van der Waals surface area contributed by atoms with Crippen molar-refractivity contribution < 1.29 is 9.53 Å². The predicted octanol–water partition coefficient (Wildman–Crippen LogP) is 4.79. The molecule has 23 heavy (non-hydrogen) atoms. The number of hydrogen-bond donors (Lipinski definition) is 0. The zero-order valence-corrected chi connectivity index (χ0v) is 14.2. The van der Waals surface area contributed by atoms with Crippen LogP contribution in [0.2, 0.25) is 0 Å². The first-order valence-corrected chi connectivity index (χ1v) is 8.94.